The molecule has 1 unspecified atom stereocenters. The first-order valence-electron chi connectivity index (χ1n) is 7.19. The van der Waals surface area contributed by atoms with Gasteiger partial charge in [0.2, 0.25) is 0 Å². The molecule has 106 valence electrons. The zero-order chi connectivity index (χ0) is 14.0. The Morgan fingerprint density at radius 3 is 2.21 bits per heavy atom. The van der Waals surface area contributed by atoms with Gasteiger partial charge in [0.25, 0.3) is 0 Å². The maximum absolute atomic E-state index is 6.42. The van der Waals surface area contributed by atoms with Crippen molar-refractivity contribution in [2.24, 2.45) is 23.5 Å². The fourth-order valence-corrected chi connectivity index (χ4v) is 3.62. The van der Waals surface area contributed by atoms with E-state index in [1.165, 1.54) is 25.7 Å². The van der Waals surface area contributed by atoms with Crippen LogP contribution in [0.4, 0.5) is 0 Å². The van der Waals surface area contributed by atoms with Crippen LogP contribution in [-0.4, -0.2) is 0 Å². The van der Waals surface area contributed by atoms with E-state index >= 15 is 0 Å². The summed E-state index contributed by atoms with van der Waals surface area (Å²) in [4.78, 5) is 0. The third-order valence-electron chi connectivity index (χ3n) is 4.58. The van der Waals surface area contributed by atoms with Crippen molar-refractivity contribution in [2.75, 3.05) is 0 Å². The Hall–Kier alpha value is -0.240. The molecule has 0 aliphatic heterocycles. The van der Waals surface area contributed by atoms with Gasteiger partial charge in [-0.15, -0.1) is 0 Å². The predicted molar refractivity (Wildman–Crippen MR) is 83.7 cm³/mol. The third-order valence-corrected chi connectivity index (χ3v) is 5.16. The largest absolute Gasteiger partial charge is 0.324 e. The Bertz CT molecular complexity index is 423. The van der Waals surface area contributed by atoms with Gasteiger partial charge in [-0.2, -0.15) is 0 Å². The molecule has 1 aliphatic carbocycles. The van der Waals surface area contributed by atoms with Gasteiger partial charge >= 0.3 is 0 Å². The van der Waals surface area contributed by atoms with Gasteiger partial charge in [-0.3, -0.25) is 0 Å². The summed E-state index contributed by atoms with van der Waals surface area (Å²) in [6.45, 7) is 4.64. The fraction of sp³-hybridized carbons (Fsp3) is 0.625. The normalized spacial score (nSPS) is 25.6. The standard InChI is InChI=1S/C16H23Cl2N/c1-10(2)11-3-5-12(6-4-11)16(19)14-9-13(17)7-8-15(14)18/h7-12,16H,3-6,19H2,1-2H3. The molecule has 1 aromatic carbocycles. The molecule has 2 rings (SSSR count). The van der Waals surface area contributed by atoms with Crippen LogP contribution in [0.25, 0.3) is 0 Å². The summed E-state index contributed by atoms with van der Waals surface area (Å²) in [5, 5.41) is 1.45. The molecule has 0 bridgehead atoms. The lowest BCUT2D eigenvalue weighted by Gasteiger charge is -2.34. The molecule has 1 aromatic rings. The molecular formula is C16H23Cl2N. The number of nitrogens with two attached hydrogens (primary N) is 1. The average molecular weight is 300 g/mol. The van der Waals surface area contributed by atoms with E-state index in [2.05, 4.69) is 13.8 Å². The number of hydrogen-bond acceptors (Lipinski definition) is 1. The van der Waals surface area contributed by atoms with E-state index in [4.69, 9.17) is 28.9 Å². The fourth-order valence-electron chi connectivity index (χ4n) is 3.19. The van der Waals surface area contributed by atoms with Crippen molar-refractivity contribution in [3.8, 4) is 0 Å². The molecule has 1 saturated carbocycles. The number of halogens is 2. The van der Waals surface area contributed by atoms with E-state index in [-0.39, 0.29) is 6.04 Å². The van der Waals surface area contributed by atoms with Crippen LogP contribution in [0.15, 0.2) is 18.2 Å². The second kappa shape index (κ2) is 6.47. The summed E-state index contributed by atoms with van der Waals surface area (Å²) in [5.41, 5.74) is 7.42. The lowest BCUT2D eigenvalue weighted by molar-refractivity contribution is 0.204. The Balaban J connectivity index is 2.05. The van der Waals surface area contributed by atoms with E-state index < -0.39 is 0 Å². The van der Waals surface area contributed by atoms with Gasteiger partial charge in [-0.25, -0.2) is 0 Å². The van der Waals surface area contributed by atoms with Crippen LogP contribution < -0.4 is 5.73 Å². The van der Waals surface area contributed by atoms with Crippen molar-refractivity contribution < 1.29 is 0 Å². The molecule has 0 radical (unpaired) electrons. The molecule has 1 atom stereocenters. The molecule has 0 saturated heterocycles. The number of benzene rings is 1. The summed E-state index contributed by atoms with van der Waals surface area (Å²) >= 11 is 12.3. The molecule has 0 heterocycles. The highest BCUT2D eigenvalue weighted by molar-refractivity contribution is 6.33. The quantitative estimate of drug-likeness (QED) is 0.788. The van der Waals surface area contributed by atoms with Crippen LogP contribution in [0.2, 0.25) is 10.0 Å². The average Bonchev–Trinajstić information content (AvgIpc) is 2.41. The van der Waals surface area contributed by atoms with Gasteiger partial charge in [0.05, 0.1) is 0 Å². The first-order valence-corrected chi connectivity index (χ1v) is 7.95. The minimum absolute atomic E-state index is 0.0133. The Morgan fingerprint density at radius 1 is 1.05 bits per heavy atom. The number of rotatable bonds is 3. The highest BCUT2D eigenvalue weighted by atomic mass is 35.5. The van der Waals surface area contributed by atoms with Gasteiger partial charge in [0.15, 0.2) is 0 Å². The highest BCUT2D eigenvalue weighted by Gasteiger charge is 2.28. The van der Waals surface area contributed by atoms with Gasteiger partial charge in [0.1, 0.15) is 0 Å². The Labute approximate surface area is 126 Å². The van der Waals surface area contributed by atoms with Gasteiger partial charge in [-0.1, -0.05) is 37.0 Å². The zero-order valence-electron chi connectivity index (χ0n) is 11.7. The van der Waals surface area contributed by atoms with Crippen LogP contribution >= 0.6 is 23.2 Å². The topological polar surface area (TPSA) is 26.0 Å². The van der Waals surface area contributed by atoms with E-state index in [0.717, 1.165) is 22.4 Å². The van der Waals surface area contributed by atoms with Crippen molar-refractivity contribution in [2.45, 2.75) is 45.6 Å². The molecule has 1 nitrogen and oxygen atoms in total. The first kappa shape index (κ1) is 15.2. The molecule has 3 heteroatoms. The van der Waals surface area contributed by atoms with Crippen LogP contribution in [0.3, 0.4) is 0 Å². The second-order valence-corrected chi connectivity index (χ2v) is 6.95. The minimum Gasteiger partial charge on any atom is -0.324 e. The summed E-state index contributed by atoms with van der Waals surface area (Å²) in [5.74, 6) is 2.18. The van der Waals surface area contributed by atoms with Crippen molar-refractivity contribution in [3.63, 3.8) is 0 Å². The van der Waals surface area contributed by atoms with E-state index in [9.17, 15) is 0 Å². The molecule has 0 aromatic heterocycles. The maximum atomic E-state index is 6.42. The van der Waals surface area contributed by atoms with Gasteiger partial charge in [-0.05, 0) is 67.2 Å². The molecule has 0 amide bonds. The Morgan fingerprint density at radius 2 is 1.63 bits per heavy atom. The van der Waals surface area contributed by atoms with Crippen LogP contribution in [0, 0.1) is 17.8 Å². The zero-order valence-corrected chi connectivity index (χ0v) is 13.2. The van der Waals surface area contributed by atoms with Gasteiger partial charge in [0, 0.05) is 16.1 Å². The summed E-state index contributed by atoms with van der Waals surface area (Å²) in [6, 6.07) is 5.59. The van der Waals surface area contributed by atoms with Crippen LogP contribution in [0.5, 0.6) is 0 Å². The molecule has 1 fully saturated rings. The SMILES string of the molecule is CC(C)C1CCC(C(N)c2cc(Cl)ccc2Cl)CC1. The number of hydrogen-bond donors (Lipinski definition) is 1. The second-order valence-electron chi connectivity index (χ2n) is 6.11. The molecule has 0 spiro atoms. The molecular weight excluding hydrogens is 277 g/mol. The molecule has 19 heavy (non-hydrogen) atoms. The highest BCUT2D eigenvalue weighted by Crippen LogP contribution is 2.40. The van der Waals surface area contributed by atoms with Crippen LogP contribution in [-0.2, 0) is 0 Å². The predicted octanol–water partition coefficient (Wildman–Crippen LogP) is 5.46. The van der Waals surface area contributed by atoms with E-state index in [0.29, 0.717) is 10.9 Å². The van der Waals surface area contributed by atoms with Crippen molar-refractivity contribution in [1.82, 2.24) is 0 Å². The minimum atomic E-state index is 0.0133. The Kier molecular flexibility index (Phi) is 5.16. The summed E-state index contributed by atoms with van der Waals surface area (Å²) < 4.78 is 0. The van der Waals surface area contributed by atoms with Crippen LogP contribution in [0.1, 0.15) is 51.1 Å². The third kappa shape index (κ3) is 3.65. The van der Waals surface area contributed by atoms with Crippen molar-refractivity contribution in [3.05, 3.63) is 33.8 Å². The molecule has 1 aliphatic rings. The summed E-state index contributed by atoms with van der Waals surface area (Å²) in [6.07, 6.45) is 4.97. The molecule has 2 N–H and O–H groups in total. The first-order chi connectivity index (χ1) is 8.99. The summed E-state index contributed by atoms with van der Waals surface area (Å²) in [7, 11) is 0. The monoisotopic (exact) mass is 299 g/mol. The van der Waals surface area contributed by atoms with Gasteiger partial charge < -0.3 is 5.73 Å². The van der Waals surface area contributed by atoms with E-state index in [1.54, 1.807) is 0 Å². The van der Waals surface area contributed by atoms with E-state index in [1.807, 2.05) is 18.2 Å². The smallest absolute Gasteiger partial charge is 0.0454 e. The van der Waals surface area contributed by atoms with Crippen molar-refractivity contribution >= 4 is 23.2 Å². The van der Waals surface area contributed by atoms with Crippen molar-refractivity contribution in [1.29, 1.82) is 0 Å². The lowest BCUT2D eigenvalue weighted by Crippen LogP contribution is -2.27. The lowest BCUT2D eigenvalue weighted by atomic mass is 9.73. The maximum Gasteiger partial charge on any atom is 0.0454 e.